The Morgan fingerprint density at radius 1 is 1.09 bits per heavy atom. The molecule has 0 saturated heterocycles. The molecule has 0 aromatic rings. The zero-order valence-corrected chi connectivity index (χ0v) is 13.5. The second-order valence-corrected chi connectivity index (χ2v) is 8.21. The summed E-state index contributed by atoms with van der Waals surface area (Å²) in [5.41, 5.74) is 7.61. The summed E-state index contributed by atoms with van der Waals surface area (Å²) < 4.78 is 0. The van der Waals surface area contributed by atoms with Crippen LogP contribution >= 0.6 is 0 Å². The van der Waals surface area contributed by atoms with Crippen molar-refractivity contribution in [2.75, 3.05) is 0 Å². The number of carbonyl (C=O) groups excluding carboxylic acids is 2. The van der Waals surface area contributed by atoms with Gasteiger partial charge in [0.1, 0.15) is 5.78 Å². The van der Waals surface area contributed by atoms with Crippen LogP contribution in [0.25, 0.3) is 0 Å². The van der Waals surface area contributed by atoms with E-state index < -0.39 is 0 Å². The maximum absolute atomic E-state index is 12.4. The van der Waals surface area contributed by atoms with Crippen molar-refractivity contribution in [2.24, 2.45) is 34.3 Å². The third kappa shape index (κ3) is 1.57. The van der Waals surface area contributed by atoms with E-state index in [9.17, 15) is 9.59 Å². The lowest BCUT2D eigenvalue weighted by Crippen LogP contribution is -2.50. The Kier molecular flexibility index (Phi) is 2.80. The standard InChI is InChI=1S/C19H25NO2/c1-18-10-8-15(21)17(20)14(18)4-3-11-12-5-6-16(22)19(12,2)9-7-13(11)18/h8,10-13H,3-7,9,20H2,1-2H3/t11-,12-,13-,18+,19-/m0/s1. The van der Waals surface area contributed by atoms with Crippen LogP contribution in [0.1, 0.15) is 52.4 Å². The Bertz CT molecular complexity index is 631. The topological polar surface area (TPSA) is 60.2 Å². The first-order valence-electron chi connectivity index (χ1n) is 8.64. The quantitative estimate of drug-likeness (QED) is 0.747. The van der Waals surface area contributed by atoms with E-state index in [0.717, 1.165) is 44.1 Å². The number of nitrogens with two attached hydrogens (primary N) is 1. The van der Waals surface area contributed by atoms with Crippen LogP contribution in [-0.4, -0.2) is 11.6 Å². The first-order valence-corrected chi connectivity index (χ1v) is 8.64. The monoisotopic (exact) mass is 299 g/mol. The lowest BCUT2D eigenvalue weighted by Gasteiger charge is -2.55. The van der Waals surface area contributed by atoms with Gasteiger partial charge in [0.25, 0.3) is 0 Å². The first-order chi connectivity index (χ1) is 10.4. The van der Waals surface area contributed by atoms with Crippen LogP contribution in [0.2, 0.25) is 0 Å². The molecule has 0 amide bonds. The summed E-state index contributed by atoms with van der Waals surface area (Å²) in [4.78, 5) is 24.3. The van der Waals surface area contributed by atoms with Gasteiger partial charge in [-0.2, -0.15) is 0 Å². The van der Waals surface area contributed by atoms with Crippen LogP contribution in [0.3, 0.4) is 0 Å². The molecule has 4 aliphatic rings. The number of hydrogen-bond donors (Lipinski definition) is 1. The highest BCUT2D eigenvalue weighted by atomic mass is 16.1. The van der Waals surface area contributed by atoms with Gasteiger partial charge >= 0.3 is 0 Å². The number of carbonyl (C=O) groups is 2. The minimum absolute atomic E-state index is 0.0254. The maximum Gasteiger partial charge on any atom is 0.201 e. The molecule has 3 nitrogen and oxygen atoms in total. The highest BCUT2D eigenvalue weighted by molar-refractivity contribution is 6.05. The van der Waals surface area contributed by atoms with Gasteiger partial charge in [0.2, 0.25) is 5.78 Å². The summed E-state index contributed by atoms with van der Waals surface area (Å²) in [5.74, 6) is 2.12. The van der Waals surface area contributed by atoms with E-state index >= 15 is 0 Å². The molecule has 2 N–H and O–H groups in total. The van der Waals surface area contributed by atoms with Gasteiger partial charge in [-0.05, 0) is 61.5 Å². The Balaban J connectivity index is 1.75. The summed E-state index contributed by atoms with van der Waals surface area (Å²) in [6.45, 7) is 4.46. The van der Waals surface area contributed by atoms with Gasteiger partial charge in [0.05, 0.1) is 5.70 Å². The fourth-order valence-electron chi connectivity index (χ4n) is 6.15. The molecule has 3 heteroatoms. The van der Waals surface area contributed by atoms with E-state index in [0.29, 0.717) is 29.2 Å². The van der Waals surface area contributed by atoms with E-state index in [1.54, 1.807) is 6.08 Å². The first kappa shape index (κ1) is 14.2. The minimum atomic E-state index is -0.0848. The van der Waals surface area contributed by atoms with Crippen LogP contribution < -0.4 is 5.73 Å². The molecule has 0 aliphatic heterocycles. The normalized spacial score (nSPS) is 47.3. The fraction of sp³-hybridized carbons (Fsp3) is 0.684. The molecule has 3 saturated carbocycles. The molecule has 3 fully saturated rings. The highest BCUT2D eigenvalue weighted by Gasteiger charge is 2.58. The summed E-state index contributed by atoms with van der Waals surface area (Å²) in [6, 6.07) is 0. The number of hydrogen-bond acceptors (Lipinski definition) is 3. The van der Waals surface area contributed by atoms with Gasteiger partial charge in [0.15, 0.2) is 0 Å². The third-order valence-corrected chi connectivity index (χ3v) is 7.47. The predicted molar refractivity (Wildman–Crippen MR) is 84.8 cm³/mol. The van der Waals surface area contributed by atoms with Crippen LogP contribution in [0, 0.1) is 28.6 Å². The van der Waals surface area contributed by atoms with E-state index in [1.807, 2.05) is 0 Å². The van der Waals surface area contributed by atoms with Crippen molar-refractivity contribution in [1.29, 1.82) is 0 Å². The zero-order chi connectivity index (χ0) is 15.7. The van der Waals surface area contributed by atoms with E-state index in [2.05, 4.69) is 19.9 Å². The molecule has 4 rings (SSSR count). The van der Waals surface area contributed by atoms with Gasteiger partial charge in [-0.3, -0.25) is 9.59 Å². The Morgan fingerprint density at radius 3 is 2.64 bits per heavy atom. The number of rotatable bonds is 0. The molecule has 0 aromatic heterocycles. The molecule has 118 valence electrons. The molecule has 22 heavy (non-hydrogen) atoms. The molecule has 0 aromatic carbocycles. The van der Waals surface area contributed by atoms with Crippen LogP contribution in [0.5, 0.6) is 0 Å². The molecule has 5 atom stereocenters. The SMILES string of the molecule is C[C@]12C=CC(=O)C(N)=C1CC[C@@H]1[C@@H]2CC[C@]2(C)C(=O)CC[C@@H]12. The van der Waals surface area contributed by atoms with Crippen LogP contribution in [0.15, 0.2) is 23.4 Å². The van der Waals surface area contributed by atoms with Gasteiger partial charge in [-0.25, -0.2) is 0 Å². The molecule has 0 bridgehead atoms. The van der Waals surface area contributed by atoms with Gasteiger partial charge in [-0.1, -0.05) is 19.9 Å². The Labute approximate surface area is 132 Å². The van der Waals surface area contributed by atoms with Gasteiger partial charge in [-0.15, -0.1) is 0 Å². The molecular formula is C19H25NO2. The van der Waals surface area contributed by atoms with Crippen molar-refractivity contribution in [3.63, 3.8) is 0 Å². The third-order valence-electron chi connectivity index (χ3n) is 7.47. The Hall–Kier alpha value is -1.38. The second kappa shape index (κ2) is 4.33. The maximum atomic E-state index is 12.4. The van der Waals surface area contributed by atoms with Crippen molar-refractivity contribution in [3.05, 3.63) is 23.4 Å². The van der Waals surface area contributed by atoms with Crippen LogP contribution in [0.4, 0.5) is 0 Å². The summed E-state index contributed by atoms with van der Waals surface area (Å²) in [6.07, 6.45) is 9.69. The summed E-state index contributed by atoms with van der Waals surface area (Å²) in [5, 5.41) is 0. The van der Waals surface area contributed by atoms with Crippen molar-refractivity contribution < 1.29 is 9.59 Å². The largest absolute Gasteiger partial charge is 0.396 e. The number of Topliss-reactive ketones (excluding diaryl/α,β-unsaturated/α-hetero) is 1. The molecular weight excluding hydrogens is 274 g/mol. The molecule has 4 aliphatic carbocycles. The summed E-state index contributed by atoms with van der Waals surface area (Å²) >= 11 is 0. The smallest absolute Gasteiger partial charge is 0.201 e. The lowest BCUT2D eigenvalue weighted by molar-refractivity contribution is -0.131. The van der Waals surface area contributed by atoms with E-state index in [-0.39, 0.29) is 16.6 Å². The molecule has 0 spiro atoms. The number of ketones is 2. The number of allylic oxidation sites excluding steroid dienone is 3. The molecule has 0 unspecified atom stereocenters. The van der Waals surface area contributed by atoms with Crippen molar-refractivity contribution >= 4 is 11.6 Å². The second-order valence-electron chi connectivity index (χ2n) is 8.21. The van der Waals surface area contributed by atoms with Crippen molar-refractivity contribution in [3.8, 4) is 0 Å². The average molecular weight is 299 g/mol. The minimum Gasteiger partial charge on any atom is -0.396 e. The fourth-order valence-corrected chi connectivity index (χ4v) is 6.15. The van der Waals surface area contributed by atoms with Crippen LogP contribution in [-0.2, 0) is 9.59 Å². The van der Waals surface area contributed by atoms with E-state index in [4.69, 9.17) is 5.73 Å². The zero-order valence-electron chi connectivity index (χ0n) is 13.5. The molecule has 0 heterocycles. The van der Waals surface area contributed by atoms with Gasteiger partial charge < -0.3 is 5.73 Å². The van der Waals surface area contributed by atoms with Gasteiger partial charge in [0, 0.05) is 17.3 Å². The average Bonchev–Trinajstić information content (AvgIpc) is 2.79. The van der Waals surface area contributed by atoms with Crippen molar-refractivity contribution in [1.82, 2.24) is 0 Å². The predicted octanol–water partition coefficient (Wildman–Crippen LogP) is 3.15. The van der Waals surface area contributed by atoms with Crippen molar-refractivity contribution in [2.45, 2.75) is 52.4 Å². The highest BCUT2D eigenvalue weighted by Crippen LogP contribution is 2.63. The Morgan fingerprint density at radius 2 is 1.86 bits per heavy atom. The molecule has 0 radical (unpaired) electrons. The van der Waals surface area contributed by atoms with E-state index in [1.165, 1.54) is 0 Å². The lowest BCUT2D eigenvalue weighted by atomic mass is 9.48. The summed E-state index contributed by atoms with van der Waals surface area (Å²) in [7, 11) is 0. The number of fused-ring (bicyclic) bond motifs is 5.